The molecule has 0 saturated carbocycles. The van der Waals surface area contributed by atoms with Gasteiger partial charge >= 0.3 is 5.97 Å². The van der Waals surface area contributed by atoms with Crippen LogP contribution in [0.2, 0.25) is 0 Å². The highest BCUT2D eigenvalue weighted by Gasteiger charge is 2.30. The minimum absolute atomic E-state index is 0.0245. The predicted molar refractivity (Wildman–Crippen MR) is 59.2 cm³/mol. The topological polar surface area (TPSA) is 146 Å². The lowest BCUT2D eigenvalue weighted by molar-refractivity contribution is -0.118. The SMILES string of the molecule is CCN(CC(N)=O)S(=O)(=O)c1[nH]ncc1C(=O)O. The van der Waals surface area contributed by atoms with Crippen molar-refractivity contribution in [3.05, 3.63) is 11.8 Å². The number of nitrogens with zero attached hydrogens (tertiary/aromatic N) is 2. The van der Waals surface area contributed by atoms with Gasteiger partial charge in [-0.15, -0.1) is 0 Å². The van der Waals surface area contributed by atoms with Gasteiger partial charge in [-0.3, -0.25) is 9.89 Å². The number of nitrogens with two attached hydrogens (primary N) is 1. The maximum absolute atomic E-state index is 12.1. The Hall–Kier alpha value is -1.94. The van der Waals surface area contributed by atoms with Crippen LogP contribution in [0.4, 0.5) is 0 Å². The first-order chi connectivity index (χ1) is 8.30. The van der Waals surface area contributed by atoms with Gasteiger partial charge in [-0.1, -0.05) is 6.92 Å². The highest BCUT2D eigenvalue weighted by atomic mass is 32.2. The zero-order valence-corrected chi connectivity index (χ0v) is 10.3. The number of hydrogen-bond donors (Lipinski definition) is 3. The Labute approximate surface area is 103 Å². The first kappa shape index (κ1) is 14.1. The number of amides is 1. The fraction of sp³-hybridized carbons (Fsp3) is 0.375. The number of nitrogens with one attached hydrogen (secondary N) is 1. The predicted octanol–water partition coefficient (Wildman–Crippen LogP) is -1.40. The molecular formula is C8H12N4O5S. The monoisotopic (exact) mass is 276 g/mol. The Bertz CT molecular complexity index is 564. The van der Waals surface area contributed by atoms with Crippen LogP contribution in [0.3, 0.4) is 0 Å². The molecule has 0 aliphatic rings. The smallest absolute Gasteiger partial charge is 0.340 e. The van der Waals surface area contributed by atoms with Gasteiger partial charge in [0.2, 0.25) is 5.91 Å². The second-order valence-corrected chi connectivity index (χ2v) is 5.19. The molecule has 9 nitrogen and oxygen atoms in total. The number of carbonyl (C=O) groups excluding carboxylic acids is 1. The van der Waals surface area contributed by atoms with Crippen LogP contribution in [-0.4, -0.2) is 53.0 Å². The maximum atomic E-state index is 12.1. The van der Waals surface area contributed by atoms with Crippen molar-refractivity contribution < 1.29 is 23.1 Å². The van der Waals surface area contributed by atoms with Crippen LogP contribution in [0, 0.1) is 0 Å². The summed E-state index contributed by atoms with van der Waals surface area (Å²) in [6.45, 7) is 0.942. The zero-order chi connectivity index (χ0) is 13.9. The fourth-order valence-electron chi connectivity index (χ4n) is 1.29. The van der Waals surface area contributed by atoms with Crippen molar-refractivity contribution in [1.82, 2.24) is 14.5 Å². The van der Waals surface area contributed by atoms with Crippen LogP contribution in [0.15, 0.2) is 11.2 Å². The van der Waals surface area contributed by atoms with Crippen molar-refractivity contribution in [2.45, 2.75) is 11.9 Å². The highest BCUT2D eigenvalue weighted by Crippen LogP contribution is 2.17. The maximum Gasteiger partial charge on any atom is 0.340 e. The number of primary amides is 1. The molecule has 0 radical (unpaired) electrons. The Morgan fingerprint density at radius 2 is 2.17 bits per heavy atom. The summed E-state index contributed by atoms with van der Waals surface area (Å²) in [7, 11) is -4.14. The van der Waals surface area contributed by atoms with E-state index < -0.39 is 39.0 Å². The third-order valence-corrected chi connectivity index (χ3v) is 4.01. The molecule has 18 heavy (non-hydrogen) atoms. The number of likely N-dealkylation sites (N-methyl/N-ethyl adjacent to an activating group) is 1. The molecule has 4 N–H and O–H groups in total. The largest absolute Gasteiger partial charge is 0.478 e. The molecule has 100 valence electrons. The van der Waals surface area contributed by atoms with E-state index in [1.165, 1.54) is 6.92 Å². The van der Waals surface area contributed by atoms with Crippen molar-refractivity contribution in [1.29, 1.82) is 0 Å². The summed E-state index contributed by atoms with van der Waals surface area (Å²) >= 11 is 0. The number of carboxylic acid groups (broad SMARTS) is 1. The van der Waals surface area contributed by atoms with Gasteiger partial charge < -0.3 is 10.8 Å². The summed E-state index contributed by atoms with van der Waals surface area (Å²) in [4.78, 5) is 21.6. The average molecular weight is 276 g/mol. The molecule has 1 rings (SSSR count). The van der Waals surface area contributed by atoms with Crippen LogP contribution in [0.25, 0.3) is 0 Å². The Kier molecular flexibility index (Phi) is 4.03. The molecule has 0 aliphatic heterocycles. The second kappa shape index (κ2) is 5.14. The van der Waals surface area contributed by atoms with Crippen molar-refractivity contribution in [3.8, 4) is 0 Å². The summed E-state index contributed by atoms with van der Waals surface area (Å²) < 4.78 is 24.9. The van der Waals surface area contributed by atoms with E-state index in [1.54, 1.807) is 0 Å². The van der Waals surface area contributed by atoms with Gasteiger partial charge in [0.05, 0.1) is 12.7 Å². The van der Waals surface area contributed by atoms with E-state index in [-0.39, 0.29) is 6.54 Å². The van der Waals surface area contributed by atoms with Gasteiger partial charge in [0, 0.05) is 6.54 Å². The first-order valence-electron chi connectivity index (χ1n) is 4.85. The van der Waals surface area contributed by atoms with Crippen molar-refractivity contribution >= 4 is 21.9 Å². The van der Waals surface area contributed by atoms with E-state index in [1.807, 2.05) is 0 Å². The van der Waals surface area contributed by atoms with Gasteiger partial charge in [0.1, 0.15) is 5.56 Å². The molecule has 0 aliphatic carbocycles. The number of H-pyrrole nitrogens is 1. The summed E-state index contributed by atoms with van der Waals surface area (Å²) in [5.41, 5.74) is 4.44. The molecule has 1 heterocycles. The summed E-state index contributed by atoms with van der Waals surface area (Å²) in [5.74, 6) is -2.27. The second-order valence-electron chi connectivity index (χ2n) is 3.32. The quantitative estimate of drug-likeness (QED) is 0.582. The summed E-state index contributed by atoms with van der Waals surface area (Å²) in [5, 5.41) is 13.7. The van der Waals surface area contributed by atoms with Gasteiger partial charge in [0.25, 0.3) is 10.0 Å². The fourth-order valence-corrected chi connectivity index (χ4v) is 2.77. The van der Waals surface area contributed by atoms with Crippen LogP contribution < -0.4 is 5.73 Å². The van der Waals surface area contributed by atoms with E-state index in [0.29, 0.717) is 0 Å². The van der Waals surface area contributed by atoms with Crippen LogP contribution in [-0.2, 0) is 14.8 Å². The van der Waals surface area contributed by atoms with Crippen LogP contribution in [0.1, 0.15) is 17.3 Å². The number of carboxylic acids is 1. The van der Waals surface area contributed by atoms with Gasteiger partial charge in [-0.2, -0.15) is 9.40 Å². The normalized spacial score (nSPS) is 11.7. The molecule has 1 amide bonds. The molecule has 0 saturated heterocycles. The number of sulfonamides is 1. The van der Waals surface area contributed by atoms with Gasteiger partial charge in [0.15, 0.2) is 5.03 Å². The number of carbonyl (C=O) groups is 2. The Balaban J connectivity index is 3.23. The highest BCUT2D eigenvalue weighted by molar-refractivity contribution is 7.89. The number of aromatic carboxylic acids is 1. The third-order valence-electron chi connectivity index (χ3n) is 2.12. The van der Waals surface area contributed by atoms with E-state index in [0.717, 1.165) is 10.5 Å². The molecule has 1 aromatic heterocycles. The van der Waals surface area contributed by atoms with Crippen LogP contribution in [0.5, 0.6) is 0 Å². The summed E-state index contributed by atoms with van der Waals surface area (Å²) in [6, 6.07) is 0. The van der Waals surface area contributed by atoms with E-state index >= 15 is 0 Å². The van der Waals surface area contributed by atoms with E-state index in [2.05, 4.69) is 10.2 Å². The van der Waals surface area contributed by atoms with E-state index in [9.17, 15) is 18.0 Å². The van der Waals surface area contributed by atoms with Gasteiger partial charge in [-0.25, -0.2) is 13.2 Å². The first-order valence-corrected chi connectivity index (χ1v) is 6.29. The summed E-state index contributed by atoms with van der Waals surface area (Å²) in [6.07, 6.45) is 0.882. The molecule has 10 heteroatoms. The number of hydrogen-bond acceptors (Lipinski definition) is 5. The number of aromatic amines is 1. The average Bonchev–Trinajstić information content (AvgIpc) is 2.74. The Morgan fingerprint density at radius 3 is 2.61 bits per heavy atom. The minimum atomic E-state index is -4.14. The molecule has 0 atom stereocenters. The lowest BCUT2D eigenvalue weighted by Crippen LogP contribution is -2.38. The van der Waals surface area contributed by atoms with Crippen molar-refractivity contribution in [2.24, 2.45) is 5.73 Å². The van der Waals surface area contributed by atoms with Crippen molar-refractivity contribution in [2.75, 3.05) is 13.1 Å². The third kappa shape index (κ3) is 2.65. The molecule has 0 aromatic carbocycles. The van der Waals surface area contributed by atoms with Crippen molar-refractivity contribution in [3.63, 3.8) is 0 Å². The van der Waals surface area contributed by atoms with E-state index in [4.69, 9.17) is 10.8 Å². The zero-order valence-electron chi connectivity index (χ0n) is 9.45. The number of aromatic nitrogens is 2. The molecule has 0 fully saturated rings. The van der Waals surface area contributed by atoms with Crippen LogP contribution >= 0.6 is 0 Å². The molecular weight excluding hydrogens is 264 g/mol. The standard InChI is InChI=1S/C8H12N4O5S/c1-2-12(4-6(9)13)18(16,17)7-5(8(14)15)3-10-11-7/h3H,2,4H2,1H3,(H2,9,13)(H,10,11)(H,14,15). The molecule has 0 unspecified atom stereocenters. The number of rotatable bonds is 6. The molecule has 0 spiro atoms. The lowest BCUT2D eigenvalue weighted by atomic mass is 10.4. The minimum Gasteiger partial charge on any atom is -0.478 e. The molecule has 0 bridgehead atoms. The molecule has 1 aromatic rings. The van der Waals surface area contributed by atoms with Gasteiger partial charge in [-0.05, 0) is 0 Å². The lowest BCUT2D eigenvalue weighted by Gasteiger charge is -2.17. The Morgan fingerprint density at radius 1 is 1.56 bits per heavy atom.